The molecule has 0 saturated carbocycles. The van der Waals surface area contributed by atoms with Crippen molar-refractivity contribution in [2.45, 2.75) is 0 Å². The van der Waals surface area contributed by atoms with Crippen LogP contribution in [-0.2, 0) is 0 Å². The minimum Gasteiger partial charge on any atom is -0.507 e. The average molecular weight is 187 g/mol. The van der Waals surface area contributed by atoms with Gasteiger partial charge in [-0.3, -0.25) is 0 Å². The van der Waals surface area contributed by atoms with Crippen molar-refractivity contribution in [2.24, 2.45) is 0 Å². The summed E-state index contributed by atoms with van der Waals surface area (Å²) in [5.74, 6) is 0.435. The number of nitrogen functional groups attached to an aromatic ring is 1. The molecule has 4 heteroatoms. The molecule has 4 nitrogen and oxygen atoms in total. The lowest BCUT2D eigenvalue weighted by molar-refractivity contribution is 0.477. The van der Waals surface area contributed by atoms with Gasteiger partial charge in [-0.15, -0.1) is 0 Å². The Labute approximate surface area is 81.1 Å². The summed E-state index contributed by atoms with van der Waals surface area (Å²) < 4.78 is 0. The average Bonchev–Trinajstić information content (AvgIpc) is 2.20. The maximum absolute atomic E-state index is 9.55. The molecule has 0 unspecified atom stereocenters. The van der Waals surface area contributed by atoms with Gasteiger partial charge in [0, 0.05) is 23.5 Å². The number of nitrogens with two attached hydrogens (primary N) is 1. The summed E-state index contributed by atoms with van der Waals surface area (Å²) in [5, 5.41) is 9.55. The number of anilines is 1. The maximum Gasteiger partial charge on any atom is 0.219 e. The highest BCUT2D eigenvalue weighted by Gasteiger charge is 2.03. The van der Waals surface area contributed by atoms with Crippen molar-refractivity contribution >= 4 is 5.95 Å². The monoisotopic (exact) mass is 187 g/mol. The molecule has 0 bridgehead atoms. The summed E-state index contributed by atoms with van der Waals surface area (Å²) in [5.41, 5.74) is 6.81. The molecule has 0 fully saturated rings. The van der Waals surface area contributed by atoms with Crippen molar-refractivity contribution in [1.82, 2.24) is 9.97 Å². The lowest BCUT2D eigenvalue weighted by Crippen LogP contribution is -1.93. The largest absolute Gasteiger partial charge is 0.507 e. The lowest BCUT2D eigenvalue weighted by atomic mass is 10.1. The van der Waals surface area contributed by atoms with Crippen LogP contribution in [0.2, 0.25) is 0 Å². The fourth-order valence-corrected chi connectivity index (χ4v) is 1.19. The molecule has 0 aliphatic heterocycles. The van der Waals surface area contributed by atoms with Crippen molar-refractivity contribution < 1.29 is 5.11 Å². The molecule has 2 aromatic rings. The van der Waals surface area contributed by atoms with Gasteiger partial charge < -0.3 is 10.8 Å². The summed E-state index contributed by atoms with van der Waals surface area (Å²) in [7, 11) is 0. The molecule has 0 spiro atoms. The van der Waals surface area contributed by atoms with Gasteiger partial charge in [0.2, 0.25) is 5.95 Å². The first-order valence-corrected chi connectivity index (χ1v) is 4.13. The molecular formula is C10H9N3O. The molecule has 14 heavy (non-hydrogen) atoms. The van der Waals surface area contributed by atoms with Crippen LogP contribution in [0.4, 0.5) is 5.95 Å². The van der Waals surface area contributed by atoms with E-state index in [1.165, 1.54) is 0 Å². The van der Waals surface area contributed by atoms with E-state index in [2.05, 4.69) is 9.97 Å². The molecule has 0 aliphatic rings. The molecule has 0 amide bonds. The van der Waals surface area contributed by atoms with E-state index in [1.807, 2.05) is 6.07 Å². The van der Waals surface area contributed by atoms with E-state index >= 15 is 0 Å². The van der Waals surface area contributed by atoms with Gasteiger partial charge in [0.15, 0.2) is 0 Å². The fraction of sp³-hybridized carbons (Fsp3) is 0. The zero-order chi connectivity index (χ0) is 9.97. The highest BCUT2D eigenvalue weighted by Crippen LogP contribution is 2.27. The van der Waals surface area contributed by atoms with Gasteiger partial charge in [-0.1, -0.05) is 18.2 Å². The smallest absolute Gasteiger partial charge is 0.219 e. The fourth-order valence-electron chi connectivity index (χ4n) is 1.19. The second-order valence-corrected chi connectivity index (χ2v) is 2.85. The van der Waals surface area contributed by atoms with E-state index in [0.717, 1.165) is 5.56 Å². The predicted molar refractivity (Wildman–Crippen MR) is 53.5 cm³/mol. The van der Waals surface area contributed by atoms with Gasteiger partial charge in [0.25, 0.3) is 0 Å². The van der Waals surface area contributed by atoms with Crippen LogP contribution in [0.3, 0.4) is 0 Å². The standard InChI is InChI=1S/C10H9N3O/c11-10-12-5-7(6-13-10)8-3-1-2-4-9(8)14/h1-6,14H,(H2,11,12,13). The van der Waals surface area contributed by atoms with Crippen LogP contribution >= 0.6 is 0 Å². The number of phenols is 1. The molecule has 1 aromatic heterocycles. The van der Waals surface area contributed by atoms with Crippen molar-refractivity contribution in [3.8, 4) is 16.9 Å². The summed E-state index contributed by atoms with van der Waals surface area (Å²) in [6, 6.07) is 7.01. The SMILES string of the molecule is Nc1ncc(-c2ccccc2O)cn1. The molecule has 3 N–H and O–H groups in total. The molecule has 0 radical (unpaired) electrons. The number of aromatic hydroxyl groups is 1. The van der Waals surface area contributed by atoms with E-state index in [1.54, 1.807) is 30.6 Å². The Morgan fingerprint density at radius 2 is 1.71 bits per heavy atom. The Morgan fingerprint density at radius 3 is 2.36 bits per heavy atom. The van der Waals surface area contributed by atoms with Crippen LogP contribution in [0.1, 0.15) is 0 Å². The van der Waals surface area contributed by atoms with Gasteiger partial charge in [0.05, 0.1) is 0 Å². The third-order valence-electron chi connectivity index (χ3n) is 1.89. The van der Waals surface area contributed by atoms with Gasteiger partial charge in [-0.2, -0.15) is 0 Å². The Hall–Kier alpha value is -2.10. The van der Waals surface area contributed by atoms with Gasteiger partial charge >= 0.3 is 0 Å². The summed E-state index contributed by atoms with van der Waals surface area (Å²) in [6.45, 7) is 0. The van der Waals surface area contributed by atoms with Gasteiger partial charge in [-0.25, -0.2) is 9.97 Å². The van der Waals surface area contributed by atoms with E-state index in [4.69, 9.17) is 5.73 Å². The normalized spacial score (nSPS) is 10.0. The van der Waals surface area contributed by atoms with Crippen molar-refractivity contribution in [2.75, 3.05) is 5.73 Å². The van der Waals surface area contributed by atoms with E-state index in [0.29, 0.717) is 5.56 Å². The first-order chi connectivity index (χ1) is 6.77. The lowest BCUT2D eigenvalue weighted by Gasteiger charge is -2.02. The summed E-state index contributed by atoms with van der Waals surface area (Å²) in [6.07, 6.45) is 3.16. The zero-order valence-corrected chi connectivity index (χ0v) is 7.38. The number of phenolic OH excluding ortho intramolecular Hbond substituents is 1. The Balaban J connectivity index is 2.50. The highest BCUT2D eigenvalue weighted by atomic mass is 16.3. The van der Waals surface area contributed by atoms with Crippen LogP contribution in [-0.4, -0.2) is 15.1 Å². The molecule has 0 aliphatic carbocycles. The van der Waals surface area contributed by atoms with Gasteiger partial charge in [-0.05, 0) is 6.07 Å². The van der Waals surface area contributed by atoms with Crippen LogP contribution in [0, 0.1) is 0 Å². The topological polar surface area (TPSA) is 72.0 Å². The first kappa shape index (κ1) is 8.50. The van der Waals surface area contributed by atoms with Crippen molar-refractivity contribution in [1.29, 1.82) is 0 Å². The van der Waals surface area contributed by atoms with E-state index in [9.17, 15) is 5.11 Å². The minimum atomic E-state index is 0.209. The van der Waals surface area contributed by atoms with Crippen molar-refractivity contribution in [3.05, 3.63) is 36.7 Å². The Bertz CT molecular complexity index is 439. The summed E-state index contributed by atoms with van der Waals surface area (Å²) >= 11 is 0. The number of rotatable bonds is 1. The minimum absolute atomic E-state index is 0.209. The number of hydrogen-bond acceptors (Lipinski definition) is 4. The second kappa shape index (κ2) is 3.33. The van der Waals surface area contributed by atoms with E-state index in [-0.39, 0.29) is 11.7 Å². The van der Waals surface area contributed by atoms with Crippen LogP contribution in [0.15, 0.2) is 36.7 Å². The maximum atomic E-state index is 9.55. The molecule has 0 saturated heterocycles. The van der Waals surface area contributed by atoms with Crippen LogP contribution in [0.25, 0.3) is 11.1 Å². The highest BCUT2D eigenvalue weighted by molar-refractivity contribution is 5.68. The summed E-state index contributed by atoms with van der Waals surface area (Å²) in [4.78, 5) is 7.70. The Kier molecular flexibility index (Phi) is 2.02. The third kappa shape index (κ3) is 1.50. The number of benzene rings is 1. The number of para-hydroxylation sites is 1. The Morgan fingerprint density at radius 1 is 1.07 bits per heavy atom. The van der Waals surface area contributed by atoms with Gasteiger partial charge in [0.1, 0.15) is 5.75 Å². The molecule has 2 rings (SSSR count). The van der Waals surface area contributed by atoms with Crippen LogP contribution < -0.4 is 5.73 Å². The molecular weight excluding hydrogens is 178 g/mol. The molecule has 0 atom stereocenters. The number of hydrogen-bond donors (Lipinski definition) is 2. The van der Waals surface area contributed by atoms with E-state index < -0.39 is 0 Å². The quantitative estimate of drug-likeness (QED) is 0.708. The zero-order valence-electron chi connectivity index (χ0n) is 7.38. The van der Waals surface area contributed by atoms with Crippen LogP contribution in [0.5, 0.6) is 5.75 Å². The first-order valence-electron chi connectivity index (χ1n) is 4.13. The second-order valence-electron chi connectivity index (χ2n) is 2.85. The molecule has 1 heterocycles. The predicted octanol–water partition coefficient (Wildman–Crippen LogP) is 1.43. The molecule has 70 valence electrons. The number of aromatic nitrogens is 2. The van der Waals surface area contributed by atoms with Crippen molar-refractivity contribution in [3.63, 3.8) is 0 Å². The molecule has 1 aromatic carbocycles. The third-order valence-corrected chi connectivity index (χ3v) is 1.89. The number of nitrogens with zero attached hydrogens (tertiary/aromatic N) is 2.